The third kappa shape index (κ3) is 2.31. The Bertz CT molecular complexity index is 413. The number of thioether (sulfide) groups is 1. The summed E-state index contributed by atoms with van der Waals surface area (Å²) in [5, 5.41) is 9.76. The third-order valence-corrected chi connectivity index (χ3v) is 5.47. The fourth-order valence-electron chi connectivity index (χ4n) is 3.18. The van der Waals surface area contributed by atoms with Gasteiger partial charge in [0.15, 0.2) is 0 Å². The highest BCUT2D eigenvalue weighted by Crippen LogP contribution is 2.46. The molecule has 18 heavy (non-hydrogen) atoms. The highest BCUT2D eigenvalue weighted by atomic mass is 32.2. The molecule has 2 aliphatic rings. The van der Waals surface area contributed by atoms with E-state index in [4.69, 9.17) is 4.74 Å². The molecule has 1 N–H and O–H groups in total. The molecule has 1 saturated heterocycles. The van der Waals surface area contributed by atoms with Gasteiger partial charge in [-0.2, -0.15) is 0 Å². The van der Waals surface area contributed by atoms with Gasteiger partial charge in [0.25, 0.3) is 0 Å². The number of aliphatic hydroxyl groups is 1. The molecule has 2 heterocycles. The van der Waals surface area contributed by atoms with Crippen LogP contribution in [0.15, 0.2) is 29.2 Å². The molecule has 2 aliphatic heterocycles. The van der Waals surface area contributed by atoms with E-state index in [0.717, 1.165) is 38.2 Å². The van der Waals surface area contributed by atoms with Crippen molar-refractivity contribution in [2.75, 3.05) is 25.6 Å². The molecule has 2 nitrogen and oxygen atoms in total. The number of hydrogen-bond acceptors (Lipinski definition) is 3. The molecule has 1 aromatic rings. The van der Waals surface area contributed by atoms with E-state index >= 15 is 0 Å². The van der Waals surface area contributed by atoms with Crippen LogP contribution < -0.4 is 0 Å². The molecule has 98 valence electrons. The van der Waals surface area contributed by atoms with Gasteiger partial charge in [0.2, 0.25) is 0 Å². The number of hydrogen-bond donors (Lipinski definition) is 1. The number of aliphatic hydroxyl groups excluding tert-OH is 1. The SMILES string of the molecule is OCC1(CC2CSc3ccccc32)CCCOC1. The van der Waals surface area contributed by atoms with Gasteiger partial charge in [-0.25, -0.2) is 0 Å². The molecule has 0 bridgehead atoms. The summed E-state index contributed by atoms with van der Waals surface area (Å²) in [5.41, 5.74) is 1.47. The molecule has 0 saturated carbocycles. The zero-order valence-electron chi connectivity index (χ0n) is 10.6. The summed E-state index contributed by atoms with van der Waals surface area (Å²) in [7, 11) is 0. The van der Waals surface area contributed by atoms with Gasteiger partial charge in [-0.15, -0.1) is 11.8 Å². The first-order chi connectivity index (χ1) is 8.83. The van der Waals surface area contributed by atoms with Crippen LogP contribution in [0.3, 0.4) is 0 Å². The number of ether oxygens (including phenoxy) is 1. The lowest BCUT2D eigenvalue weighted by molar-refractivity contribution is -0.0454. The predicted octanol–water partition coefficient (Wildman–Crippen LogP) is 3.06. The van der Waals surface area contributed by atoms with Gasteiger partial charge in [-0.05, 0) is 36.8 Å². The van der Waals surface area contributed by atoms with Gasteiger partial charge in [-0.1, -0.05) is 18.2 Å². The normalized spacial score (nSPS) is 31.3. The Hall–Kier alpha value is -0.510. The molecule has 2 unspecified atom stereocenters. The summed E-state index contributed by atoms with van der Waals surface area (Å²) >= 11 is 1.95. The van der Waals surface area contributed by atoms with E-state index in [2.05, 4.69) is 24.3 Å². The van der Waals surface area contributed by atoms with Gasteiger partial charge in [0.05, 0.1) is 13.2 Å². The van der Waals surface area contributed by atoms with Crippen LogP contribution in [0.4, 0.5) is 0 Å². The van der Waals surface area contributed by atoms with Crippen LogP contribution in [0, 0.1) is 5.41 Å². The van der Waals surface area contributed by atoms with Gasteiger partial charge in [0.1, 0.15) is 0 Å². The Morgan fingerprint density at radius 2 is 2.28 bits per heavy atom. The highest BCUT2D eigenvalue weighted by molar-refractivity contribution is 7.99. The quantitative estimate of drug-likeness (QED) is 0.910. The average Bonchev–Trinajstić information content (AvgIpc) is 2.83. The van der Waals surface area contributed by atoms with Gasteiger partial charge in [0, 0.05) is 22.7 Å². The average molecular weight is 264 g/mol. The van der Waals surface area contributed by atoms with E-state index < -0.39 is 0 Å². The lowest BCUT2D eigenvalue weighted by Gasteiger charge is -2.37. The second-order valence-electron chi connectivity index (χ2n) is 5.56. The zero-order valence-corrected chi connectivity index (χ0v) is 11.4. The summed E-state index contributed by atoms with van der Waals surface area (Å²) in [5.74, 6) is 1.74. The van der Waals surface area contributed by atoms with E-state index in [0.29, 0.717) is 5.92 Å². The third-order valence-electron chi connectivity index (χ3n) is 4.22. The maximum absolute atomic E-state index is 9.76. The van der Waals surface area contributed by atoms with Crippen LogP contribution in [0.25, 0.3) is 0 Å². The van der Waals surface area contributed by atoms with Crippen LogP contribution in [-0.2, 0) is 4.74 Å². The predicted molar refractivity (Wildman–Crippen MR) is 74.1 cm³/mol. The number of benzene rings is 1. The molecular formula is C15H20O2S. The van der Waals surface area contributed by atoms with Crippen LogP contribution in [0.2, 0.25) is 0 Å². The molecule has 3 heteroatoms. The molecular weight excluding hydrogens is 244 g/mol. The van der Waals surface area contributed by atoms with E-state index in [1.807, 2.05) is 11.8 Å². The Morgan fingerprint density at radius 3 is 3.06 bits per heavy atom. The van der Waals surface area contributed by atoms with Gasteiger partial charge < -0.3 is 9.84 Å². The van der Waals surface area contributed by atoms with E-state index in [1.54, 1.807) is 0 Å². The number of fused-ring (bicyclic) bond motifs is 1. The van der Waals surface area contributed by atoms with Gasteiger partial charge in [-0.3, -0.25) is 0 Å². The Morgan fingerprint density at radius 1 is 1.39 bits per heavy atom. The van der Waals surface area contributed by atoms with Crippen molar-refractivity contribution in [2.24, 2.45) is 5.41 Å². The molecule has 0 spiro atoms. The minimum absolute atomic E-state index is 0.000921. The summed E-state index contributed by atoms with van der Waals surface area (Å²) in [6.45, 7) is 1.85. The van der Waals surface area contributed by atoms with E-state index in [1.165, 1.54) is 10.5 Å². The second-order valence-corrected chi connectivity index (χ2v) is 6.63. The zero-order chi connectivity index (χ0) is 12.4. The van der Waals surface area contributed by atoms with Crippen molar-refractivity contribution in [2.45, 2.75) is 30.1 Å². The minimum Gasteiger partial charge on any atom is -0.396 e. The maximum Gasteiger partial charge on any atom is 0.0544 e. The minimum atomic E-state index is 0.000921. The molecule has 2 atom stereocenters. The van der Waals surface area contributed by atoms with Crippen LogP contribution in [0.5, 0.6) is 0 Å². The fraction of sp³-hybridized carbons (Fsp3) is 0.600. The molecule has 0 amide bonds. The summed E-state index contributed by atoms with van der Waals surface area (Å²) in [6.07, 6.45) is 3.25. The van der Waals surface area contributed by atoms with Crippen LogP contribution in [-0.4, -0.2) is 30.7 Å². The Labute approximate surface area is 113 Å². The lowest BCUT2D eigenvalue weighted by Crippen LogP contribution is -2.36. The molecule has 0 radical (unpaired) electrons. The Kier molecular flexibility index (Phi) is 3.64. The molecule has 0 aliphatic carbocycles. The van der Waals surface area contributed by atoms with Gasteiger partial charge >= 0.3 is 0 Å². The first kappa shape index (κ1) is 12.5. The van der Waals surface area contributed by atoms with Crippen molar-refractivity contribution in [3.8, 4) is 0 Å². The van der Waals surface area contributed by atoms with Crippen molar-refractivity contribution < 1.29 is 9.84 Å². The lowest BCUT2D eigenvalue weighted by atomic mass is 9.75. The monoisotopic (exact) mass is 264 g/mol. The van der Waals surface area contributed by atoms with Crippen molar-refractivity contribution in [3.63, 3.8) is 0 Å². The highest BCUT2D eigenvalue weighted by Gasteiger charge is 2.37. The molecule has 0 aromatic heterocycles. The Balaban J connectivity index is 1.77. The summed E-state index contributed by atoms with van der Waals surface area (Å²) < 4.78 is 5.61. The largest absolute Gasteiger partial charge is 0.396 e. The number of rotatable bonds is 3. The maximum atomic E-state index is 9.76. The summed E-state index contributed by atoms with van der Waals surface area (Å²) in [4.78, 5) is 1.42. The topological polar surface area (TPSA) is 29.5 Å². The van der Waals surface area contributed by atoms with Crippen molar-refractivity contribution in [3.05, 3.63) is 29.8 Å². The van der Waals surface area contributed by atoms with Crippen LogP contribution >= 0.6 is 11.8 Å². The van der Waals surface area contributed by atoms with E-state index in [-0.39, 0.29) is 12.0 Å². The molecule has 1 aromatic carbocycles. The van der Waals surface area contributed by atoms with Crippen molar-refractivity contribution in [1.29, 1.82) is 0 Å². The molecule has 3 rings (SSSR count). The van der Waals surface area contributed by atoms with E-state index in [9.17, 15) is 5.11 Å². The van der Waals surface area contributed by atoms with Crippen LogP contribution in [0.1, 0.15) is 30.7 Å². The second kappa shape index (κ2) is 5.24. The fourth-order valence-corrected chi connectivity index (χ4v) is 4.44. The first-order valence-corrected chi connectivity index (χ1v) is 7.72. The molecule has 1 fully saturated rings. The standard InChI is InChI=1S/C15H20O2S/c16-10-15(6-3-7-17-11-15)8-12-9-18-14-5-2-1-4-13(12)14/h1-2,4-5,12,16H,3,6-11H2. The van der Waals surface area contributed by atoms with Crippen molar-refractivity contribution >= 4 is 11.8 Å². The van der Waals surface area contributed by atoms with Crippen molar-refractivity contribution in [1.82, 2.24) is 0 Å². The first-order valence-electron chi connectivity index (χ1n) is 6.73. The smallest absolute Gasteiger partial charge is 0.0544 e. The summed E-state index contributed by atoms with van der Waals surface area (Å²) in [6, 6.07) is 8.69.